The summed E-state index contributed by atoms with van der Waals surface area (Å²) in [5.74, 6) is 0. The van der Waals surface area contributed by atoms with E-state index in [-0.39, 0.29) is 5.56 Å². The molecule has 1 aromatic carbocycles. The van der Waals surface area contributed by atoms with E-state index >= 15 is 0 Å². The summed E-state index contributed by atoms with van der Waals surface area (Å²) in [6, 6.07) is 3.59. The van der Waals surface area contributed by atoms with Crippen LogP contribution in [0.5, 0.6) is 0 Å². The van der Waals surface area contributed by atoms with E-state index in [0.717, 1.165) is 40.6 Å². The number of nitrogens with zero attached hydrogens (tertiary/aromatic N) is 3. The summed E-state index contributed by atoms with van der Waals surface area (Å²) < 4.78 is 27.1. The van der Waals surface area contributed by atoms with Crippen LogP contribution in [-0.4, -0.2) is 32.7 Å². The van der Waals surface area contributed by atoms with Gasteiger partial charge in [-0.3, -0.25) is 0 Å². The molecule has 0 amide bonds. The average Bonchev–Trinajstić information content (AvgIpc) is 2.96. The first-order valence-electron chi connectivity index (χ1n) is 7.27. The molecule has 2 heterocycles. The van der Waals surface area contributed by atoms with Crippen LogP contribution in [-0.2, 0) is 6.42 Å². The molecule has 0 unspecified atom stereocenters. The van der Waals surface area contributed by atoms with Gasteiger partial charge in [-0.15, -0.1) is 0 Å². The summed E-state index contributed by atoms with van der Waals surface area (Å²) in [7, 11) is 5.76. The van der Waals surface area contributed by atoms with Crippen LogP contribution in [0, 0.1) is 0 Å². The number of hydrogen-bond acceptors (Lipinski definition) is 4. The Balaban J connectivity index is 2.12. The second-order valence-electron chi connectivity index (χ2n) is 5.80. The highest BCUT2D eigenvalue weighted by Gasteiger charge is 2.22. The molecule has 1 aliphatic rings. The van der Waals surface area contributed by atoms with Gasteiger partial charge < -0.3 is 9.80 Å². The summed E-state index contributed by atoms with van der Waals surface area (Å²) in [6.07, 6.45) is 1.21. The van der Waals surface area contributed by atoms with E-state index in [0.29, 0.717) is 5.56 Å². The summed E-state index contributed by atoms with van der Waals surface area (Å²) in [5.41, 5.74) is 2.80. The average molecular weight is 323 g/mol. The number of thiazole rings is 1. The predicted molar refractivity (Wildman–Crippen MR) is 88.4 cm³/mol. The number of aromatic nitrogens is 1. The van der Waals surface area contributed by atoms with E-state index < -0.39 is 6.43 Å². The fourth-order valence-electron chi connectivity index (χ4n) is 2.82. The van der Waals surface area contributed by atoms with Gasteiger partial charge in [0.25, 0.3) is 6.43 Å². The normalized spacial score (nSPS) is 14.4. The van der Waals surface area contributed by atoms with E-state index in [1.165, 1.54) is 11.3 Å². The quantitative estimate of drug-likeness (QED) is 0.844. The van der Waals surface area contributed by atoms with Crippen LogP contribution in [0.4, 0.5) is 19.6 Å². The highest BCUT2D eigenvalue weighted by molar-refractivity contribution is 7.18. The Kier molecular flexibility index (Phi) is 4.04. The molecule has 0 saturated heterocycles. The highest BCUT2D eigenvalue weighted by Crippen LogP contribution is 2.41. The smallest absolute Gasteiger partial charge is 0.264 e. The minimum atomic E-state index is -2.49. The van der Waals surface area contributed by atoms with Crippen LogP contribution in [0.15, 0.2) is 18.3 Å². The number of fused-ring (bicyclic) bond motifs is 1. The van der Waals surface area contributed by atoms with Crippen molar-refractivity contribution >= 4 is 22.2 Å². The SMILES string of the molecule is CN(C)c1ncc(-c2cc3c(cc2C(F)F)N(C)CCC3)s1. The number of aryl methyl sites for hydroxylation is 1. The van der Waals surface area contributed by atoms with E-state index in [1.54, 1.807) is 12.3 Å². The molecule has 0 fully saturated rings. The van der Waals surface area contributed by atoms with Gasteiger partial charge in [0.15, 0.2) is 5.13 Å². The van der Waals surface area contributed by atoms with E-state index in [4.69, 9.17) is 0 Å². The molecule has 6 heteroatoms. The second kappa shape index (κ2) is 5.83. The molecule has 0 spiro atoms. The summed E-state index contributed by atoms with van der Waals surface area (Å²) in [5, 5.41) is 0.824. The lowest BCUT2D eigenvalue weighted by Gasteiger charge is -2.29. The van der Waals surface area contributed by atoms with Gasteiger partial charge in [-0.05, 0) is 30.5 Å². The zero-order valence-corrected chi connectivity index (χ0v) is 13.8. The summed E-state index contributed by atoms with van der Waals surface area (Å²) >= 11 is 1.44. The molecule has 2 aromatic rings. The van der Waals surface area contributed by atoms with Gasteiger partial charge >= 0.3 is 0 Å². The third-order valence-electron chi connectivity index (χ3n) is 3.98. The maximum Gasteiger partial charge on any atom is 0.264 e. The van der Waals surface area contributed by atoms with Gasteiger partial charge in [-0.2, -0.15) is 0 Å². The third-order valence-corrected chi connectivity index (χ3v) is 5.18. The van der Waals surface area contributed by atoms with Crippen molar-refractivity contribution in [3.05, 3.63) is 29.5 Å². The second-order valence-corrected chi connectivity index (χ2v) is 6.80. The summed E-state index contributed by atoms with van der Waals surface area (Å²) in [4.78, 5) is 9.06. The van der Waals surface area contributed by atoms with Crippen molar-refractivity contribution in [1.82, 2.24) is 4.98 Å². The molecule has 0 atom stereocenters. The standard InChI is InChI=1S/C16H19F2N3S/c1-20(2)16-19-9-14(22-16)11-7-10-5-4-6-21(3)13(10)8-12(11)15(17)18/h7-9,15H,4-6H2,1-3H3. The number of anilines is 2. The van der Waals surface area contributed by atoms with Crippen molar-refractivity contribution in [2.24, 2.45) is 0 Å². The van der Waals surface area contributed by atoms with Gasteiger partial charge in [0.1, 0.15) is 0 Å². The van der Waals surface area contributed by atoms with Crippen LogP contribution >= 0.6 is 11.3 Å². The van der Waals surface area contributed by atoms with Crippen molar-refractivity contribution in [2.45, 2.75) is 19.3 Å². The lowest BCUT2D eigenvalue weighted by Crippen LogP contribution is -2.24. The Hall–Kier alpha value is -1.69. The summed E-state index contributed by atoms with van der Waals surface area (Å²) in [6.45, 7) is 0.917. The van der Waals surface area contributed by atoms with Crippen molar-refractivity contribution in [2.75, 3.05) is 37.5 Å². The fraction of sp³-hybridized carbons (Fsp3) is 0.438. The van der Waals surface area contributed by atoms with E-state index in [9.17, 15) is 8.78 Å². The maximum atomic E-state index is 13.5. The molecule has 0 saturated carbocycles. The number of rotatable bonds is 3. The molecule has 3 nitrogen and oxygen atoms in total. The molecular formula is C16H19F2N3S. The Morgan fingerprint density at radius 1 is 1.32 bits per heavy atom. The molecule has 1 aromatic heterocycles. The van der Waals surface area contributed by atoms with Crippen LogP contribution in [0.2, 0.25) is 0 Å². The number of benzene rings is 1. The fourth-order valence-corrected chi connectivity index (χ4v) is 3.70. The van der Waals surface area contributed by atoms with Crippen molar-refractivity contribution in [3.63, 3.8) is 0 Å². The van der Waals surface area contributed by atoms with Crippen LogP contribution in [0.1, 0.15) is 24.0 Å². The van der Waals surface area contributed by atoms with Gasteiger partial charge in [-0.1, -0.05) is 11.3 Å². The molecule has 118 valence electrons. The number of halogens is 2. The van der Waals surface area contributed by atoms with Crippen LogP contribution in [0.25, 0.3) is 10.4 Å². The Morgan fingerprint density at radius 2 is 2.09 bits per heavy atom. The molecule has 0 aliphatic carbocycles. The Bertz CT molecular complexity index is 682. The third kappa shape index (κ3) is 2.67. The first-order chi connectivity index (χ1) is 10.5. The molecule has 0 bridgehead atoms. The molecule has 0 N–H and O–H groups in total. The Morgan fingerprint density at radius 3 is 2.73 bits per heavy atom. The number of alkyl halides is 2. The first kappa shape index (κ1) is 15.2. The molecular weight excluding hydrogens is 304 g/mol. The monoisotopic (exact) mass is 323 g/mol. The van der Waals surface area contributed by atoms with Gasteiger partial charge in [0.05, 0.1) is 4.88 Å². The topological polar surface area (TPSA) is 19.4 Å². The van der Waals surface area contributed by atoms with Crippen LogP contribution < -0.4 is 9.80 Å². The zero-order valence-electron chi connectivity index (χ0n) is 12.9. The van der Waals surface area contributed by atoms with Crippen LogP contribution in [0.3, 0.4) is 0 Å². The molecule has 22 heavy (non-hydrogen) atoms. The van der Waals surface area contributed by atoms with Gasteiger partial charge in [0.2, 0.25) is 0 Å². The lowest BCUT2D eigenvalue weighted by atomic mass is 9.95. The maximum absolute atomic E-state index is 13.5. The lowest BCUT2D eigenvalue weighted by molar-refractivity contribution is 0.152. The van der Waals surface area contributed by atoms with Gasteiger partial charge in [-0.25, -0.2) is 13.8 Å². The van der Waals surface area contributed by atoms with Crippen molar-refractivity contribution in [3.8, 4) is 10.4 Å². The molecule has 3 rings (SSSR count). The van der Waals surface area contributed by atoms with Gasteiger partial charge in [0, 0.05) is 50.7 Å². The highest BCUT2D eigenvalue weighted by atomic mass is 32.1. The molecule has 0 radical (unpaired) electrons. The zero-order chi connectivity index (χ0) is 15.9. The van der Waals surface area contributed by atoms with Crippen molar-refractivity contribution < 1.29 is 8.78 Å². The Labute approximate surface area is 133 Å². The van der Waals surface area contributed by atoms with E-state index in [1.807, 2.05) is 32.1 Å². The minimum absolute atomic E-state index is 0.0986. The minimum Gasteiger partial charge on any atom is -0.374 e. The first-order valence-corrected chi connectivity index (χ1v) is 8.08. The predicted octanol–water partition coefficient (Wildman–Crippen LogP) is 4.20. The largest absolute Gasteiger partial charge is 0.374 e. The van der Waals surface area contributed by atoms with E-state index in [2.05, 4.69) is 9.88 Å². The molecule has 1 aliphatic heterocycles. The van der Waals surface area contributed by atoms with Crippen molar-refractivity contribution in [1.29, 1.82) is 0 Å². The number of hydrogen-bond donors (Lipinski definition) is 0.